The van der Waals surface area contributed by atoms with Crippen molar-refractivity contribution in [2.75, 3.05) is 47.8 Å². The number of aromatic nitrogens is 5. The van der Waals surface area contributed by atoms with Gasteiger partial charge in [-0.2, -0.15) is 0 Å². The predicted octanol–water partition coefficient (Wildman–Crippen LogP) is 6.77. The second-order valence-electron chi connectivity index (χ2n) is 16.6. The van der Waals surface area contributed by atoms with Gasteiger partial charge in [-0.3, -0.25) is 19.5 Å². The molecule has 5 aromatic rings. The monoisotopic (exact) mass is 855 g/mol. The number of imidazole rings is 2. The van der Waals surface area contributed by atoms with Crippen molar-refractivity contribution in [1.82, 2.24) is 44.9 Å². The number of benzene rings is 2. The lowest BCUT2D eigenvalue weighted by Crippen LogP contribution is -2.51. The Kier molecular flexibility index (Phi) is 13.6. The number of fused-ring (bicyclic) bond motifs is 5. The van der Waals surface area contributed by atoms with Crippen molar-refractivity contribution >= 4 is 28.8 Å². The van der Waals surface area contributed by atoms with Gasteiger partial charge in [0.2, 0.25) is 11.8 Å². The lowest BCUT2D eigenvalue weighted by Gasteiger charge is -2.30. The minimum Gasteiger partial charge on any atom is -0.467 e. The molecule has 332 valence electrons. The second-order valence-corrected chi connectivity index (χ2v) is 16.6. The number of ether oxygens (including phenoxy) is 4. The molecule has 2 aliphatic heterocycles. The van der Waals surface area contributed by atoms with Crippen LogP contribution < -0.4 is 15.4 Å². The Morgan fingerprint density at radius 1 is 0.968 bits per heavy atom. The fourth-order valence-corrected chi connectivity index (χ4v) is 8.55. The highest BCUT2D eigenvalue weighted by atomic mass is 19.1. The van der Waals surface area contributed by atoms with Crippen molar-refractivity contribution in [3.05, 3.63) is 66.3 Å². The van der Waals surface area contributed by atoms with Crippen LogP contribution in [0.3, 0.4) is 0 Å². The summed E-state index contributed by atoms with van der Waals surface area (Å²) in [5.41, 5.74) is 4.55. The third kappa shape index (κ3) is 8.78. The molecule has 3 amide bonds. The number of nitrogens with zero attached hydrogens (tertiary/aromatic N) is 5. The van der Waals surface area contributed by atoms with Crippen LogP contribution in [0.15, 0.2) is 48.8 Å². The van der Waals surface area contributed by atoms with Crippen molar-refractivity contribution < 1.29 is 37.7 Å². The Balaban J connectivity index is 1.15. The Morgan fingerprint density at radius 3 is 2.40 bits per heavy atom. The van der Waals surface area contributed by atoms with Crippen LogP contribution in [-0.2, 0) is 30.3 Å². The Labute approximate surface area is 360 Å². The van der Waals surface area contributed by atoms with E-state index in [1.807, 2.05) is 75.6 Å². The van der Waals surface area contributed by atoms with E-state index in [0.717, 1.165) is 24.0 Å². The summed E-state index contributed by atoms with van der Waals surface area (Å²) in [5, 5.41) is 6.30. The quantitative estimate of drug-likeness (QED) is 0.0730. The fraction of sp³-hybridized carbons (Fsp3) is 0.489. The number of rotatable bonds is 17. The third-order valence-electron chi connectivity index (χ3n) is 11.7. The minimum absolute atomic E-state index is 0.0225. The second kappa shape index (κ2) is 19.1. The van der Waals surface area contributed by atoms with E-state index in [2.05, 4.69) is 25.6 Å². The molecular formula is C45H58FN9O7. The van der Waals surface area contributed by atoms with Crippen LogP contribution in [0.1, 0.15) is 77.8 Å². The van der Waals surface area contributed by atoms with Crippen LogP contribution >= 0.6 is 0 Å². The maximum Gasteiger partial charge on any atom is 0.407 e. The van der Waals surface area contributed by atoms with Gasteiger partial charge in [-0.15, -0.1) is 0 Å². The van der Waals surface area contributed by atoms with Crippen LogP contribution in [0.25, 0.3) is 44.7 Å². The number of H-pyrrole nitrogens is 2. The molecule has 4 atom stereocenters. The molecule has 0 saturated carbocycles. The zero-order valence-electron chi connectivity index (χ0n) is 36.7. The Morgan fingerprint density at radius 2 is 1.69 bits per heavy atom. The van der Waals surface area contributed by atoms with Gasteiger partial charge in [0.25, 0.3) is 0 Å². The molecule has 2 aliphatic rings. The first-order valence-corrected chi connectivity index (χ1v) is 21.3. The highest BCUT2D eigenvalue weighted by molar-refractivity contribution is 5.93. The molecule has 1 saturated heterocycles. The Hall–Kier alpha value is -5.78. The zero-order valence-corrected chi connectivity index (χ0v) is 36.7. The number of nitrogens with one attached hydrogen (secondary N) is 4. The molecule has 5 heterocycles. The molecule has 17 heteroatoms. The van der Waals surface area contributed by atoms with E-state index in [9.17, 15) is 14.4 Å². The summed E-state index contributed by atoms with van der Waals surface area (Å²) < 4.78 is 40.8. The normalized spacial score (nSPS) is 16.9. The van der Waals surface area contributed by atoms with E-state index < -0.39 is 24.4 Å². The summed E-state index contributed by atoms with van der Waals surface area (Å²) >= 11 is 0. The number of likely N-dealkylation sites (tertiary alicyclic amines) is 1. The summed E-state index contributed by atoms with van der Waals surface area (Å²) in [6.45, 7) is 11.6. The number of aromatic amines is 2. The first-order chi connectivity index (χ1) is 29.9. The molecule has 7 rings (SSSR count). The van der Waals surface area contributed by atoms with E-state index >= 15 is 4.39 Å². The SMILES string of the molecule is CCCN(Cc1ncc(-c2ccc3c(c2)c(F)c2n3C(COC)Oc3cc(-c4cnc(C5CCCN5C(=O)C(NC(=O)OC)C(C)C)[nH]4)ccc3-2)[nH]1)C(=O)C(NCOC)C(C)C. The summed E-state index contributed by atoms with van der Waals surface area (Å²) in [6.07, 6.45) is 4.41. The number of hydrogen-bond acceptors (Lipinski definition) is 10. The molecule has 0 bridgehead atoms. The number of hydrogen-bond donors (Lipinski definition) is 4. The van der Waals surface area contributed by atoms with Gasteiger partial charge in [-0.05, 0) is 55.4 Å². The number of halogens is 1. The van der Waals surface area contributed by atoms with Crippen molar-refractivity contribution in [3.63, 3.8) is 0 Å². The molecule has 4 N–H and O–H groups in total. The standard InChI is InChI=1S/C45H58FN9O7/c1-9-16-53(43(56)39(25(2)3)49-24-60-7)22-36-47-20-31(50-36)27-13-15-33-30(18-27)38(46)41-29-14-12-28(19-35(29)62-37(23-59-6)55(33)41)32-21-48-42(51-32)34-11-10-17-54(34)44(57)40(26(4)5)52-45(58)61-8/h12-15,18-21,25-26,34,37,39-40,49H,9-11,16-17,22-24H2,1-8H3,(H,47,50)(H,48,51)(H,52,58). The van der Waals surface area contributed by atoms with Gasteiger partial charge < -0.3 is 44.0 Å². The van der Waals surface area contributed by atoms with E-state index in [1.165, 1.54) is 7.11 Å². The van der Waals surface area contributed by atoms with Crippen LogP contribution in [0, 0.1) is 17.7 Å². The van der Waals surface area contributed by atoms with Crippen LogP contribution in [0.4, 0.5) is 9.18 Å². The number of carbonyl (C=O) groups is 3. The van der Waals surface area contributed by atoms with Crippen molar-refractivity contribution in [3.8, 4) is 39.5 Å². The summed E-state index contributed by atoms with van der Waals surface area (Å²) in [7, 11) is 4.44. The molecule has 2 aromatic carbocycles. The minimum atomic E-state index is -0.742. The Bertz CT molecular complexity index is 2390. The van der Waals surface area contributed by atoms with Crippen LogP contribution in [-0.4, -0.2) is 112 Å². The van der Waals surface area contributed by atoms with Crippen LogP contribution in [0.5, 0.6) is 5.75 Å². The first-order valence-electron chi connectivity index (χ1n) is 21.3. The van der Waals surface area contributed by atoms with Crippen molar-refractivity contribution in [2.45, 2.75) is 84.8 Å². The van der Waals surface area contributed by atoms with Gasteiger partial charge >= 0.3 is 6.09 Å². The van der Waals surface area contributed by atoms with Gasteiger partial charge in [-0.1, -0.05) is 46.8 Å². The van der Waals surface area contributed by atoms with Gasteiger partial charge in [0, 0.05) is 49.4 Å². The van der Waals surface area contributed by atoms with Gasteiger partial charge in [-0.25, -0.2) is 19.2 Å². The molecule has 0 radical (unpaired) electrons. The topological polar surface area (TPSA) is 181 Å². The maximum atomic E-state index is 16.9. The van der Waals surface area contributed by atoms with E-state index in [1.54, 1.807) is 36.4 Å². The lowest BCUT2D eigenvalue weighted by molar-refractivity contribution is -0.136. The van der Waals surface area contributed by atoms with Gasteiger partial charge in [0.05, 0.1) is 67.5 Å². The average Bonchev–Trinajstić information content (AvgIpc) is 4.09. The zero-order chi connectivity index (χ0) is 44.2. The number of carbonyl (C=O) groups excluding carboxylic acids is 3. The van der Waals surface area contributed by atoms with Crippen LogP contribution in [0.2, 0.25) is 0 Å². The molecule has 0 spiro atoms. The van der Waals surface area contributed by atoms with Gasteiger partial charge in [0.15, 0.2) is 12.0 Å². The third-order valence-corrected chi connectivity index (χ3v) is 11.7. The molecule has 3 aromatic heterocycles. The first kappa shape index (κ1) is 44.3. The predicted molar refractivity (Wildman–Crippen MR) is 231 cm³/mol. The number of methoxy groups -OCH3 is 3. The molecule has 0 aliphatic carbocycles. The van der Waals surface area contributed by atoms with E-state index in [-0.39, 0.29) is 48.8 Å². The number of amides is 3. The largest absolute Gasteiger partial charge is 0.467 e. The molecule has 4 unspecified atom stereocenters. The molecular weight excluding hydrogens is 798 g/mol. The maximum absolute atomic E-state index is 16.9. The molecule has 16 nitrogen and oxygen atoms in total. The highest BCUT2D eigenvalue weighted by Crippen LogP contribution is 2.46. The molecule has 62 heavy (non-hydrogen) atoms. The van der Waals surface area contributed by atoms with Gasteiger partial charge in [0.1, 0.15) is 30.0 Å². The average molecular weight is 856 g/mol. The smallest absolute Gasteiger partial charge is 0.407 e. The highest BCUT2D eigenvalue weighted by Gasteiger charge is 2.38. The summed E-state index contributed by atoms with van der Waals surface area (Å²) in [6, 6.07) is 9.76. The van der Waals surface area contributed by atoms with E-state index in [4.69, 9.17) is 23.9 Å². The lowest BCUT2D eigenvalue weighted by atomic mass is 10.0. The summed E-state index contributed by atoms with van der Waals surface area (Å²) in [5.74, 6) is 1.05. The molecule has 1 fully saturated rings. The van der Waals surface area contributed by atoms with Crippen molar-refractivity contribution in [1.29, 1.82) is 0 Å². The van der Waals surface area contributed by atoms with E-state index in [0.29, 0.717) is 77.0 Å². The fourth-order valence-electron chi connectivity index (χ4n) is 8.55. The number of alkyl carbamates (subject to hydrolysis) is 1. The summed E-state index contributed by atoms with van der Waals surface area (Å²) in [4.78, 5) is 59.0. The van der Waals surface area contributed by atoms with Crippen molar-refractivity contribution in [2.24, 2.45) is 11.8 Å².